The average Bonchev–Trinajstić information content (AvgIpc) is 3.48. The van der Waals surface area contributed by atoms with Crippen LogP contribution in [0.4, 0.5) is 0 Å². The van der Waals surface area contributed by atoms with E-state index in [1.165, 1.54) is 4.90 Å². The summed E-state index contributed by atoms with van der Waals surface area (Å²) in [6.07, 6.45) is 7.63. The number of carbonyl (C=O) groups excluding carboxylic acids is 4. The molecule has 0 radical (unpaired) electrons. The minimum Gasteiger partial charge on any atom is -0.460 e. The number of aliphatic hydroxyl groups excluding tert-OH is 1. The molecule has 38 heavy (non-hydrogen) atoms. The van der Waals surface area contributed by atoms with E-state index in [0.717, 1.165) is 19.3 Å². The van der Waals surface area contributed by atoms with Crippen molar-refractivity contribution < 1.29 is 33.8 Å². The van der Waals surface area contributed by atoms with Gasteiger partial charge in [-0.15, -0.1) is 0 Å². The van der Waals surface area contributed by atoms with Gasteiger partial charge < -0.3 is 29.7 Å². The molecule has 0 saturated carbocycles. The van der Waals surface area contributed by atoms with E-state index in [1.807, 2.05) is 12.2 Å². The second-order valence-electron chi connectivity index (χ2n) is 10.7. The first-order valence-electron chi connectivity index (χ1n) is 13.6. The number of hydrogen-bond acceptors (Lipinski definition) is 7. The molecule has 0 aromatic rings. The highest BCUT2D eigenvalue weighted by atomic mass is 79.9. The molecule has 0 unspecified atom stereocenters. The molecule has 5 bridgehead atoms. The van der Waals surface area contributed by atoms with Crippen molar-refractivity contribution in [3.63, 3.8) is 0 Å². The van der Waals surface area contributed by atoms with Gasteiger partial charge in [0.1, 0.15) is 29.8 Å². The highest BCUT2D eigenvalue weighted by Gasteiger charge is 2.75. The van der Waals surface area contributed by atoms with Crippen molar-refractivity contribution >= 4 is 39.6 Å². The fraction of sp³-hybridized carbons (Fsp3) is 0.704. The molecular formula is C27H38BrN3O7. The van der Waals surface area contributed by atoms with E-state index in [0.29, 0.717) is 24.0 Å². The van der Waals surface area contributed by atoms with Gasteiger partial charge in [0.05, 0.1) is 25.1 Å². The Balaban J connectivity index is 1.78. The summed E-state index contributed by atoms with van der Waals surface area (Å²) >= 11 is 3.52. The number of hydrogen-bond donors (Lipinski definition) is 2. The number of nitrogens with zero attached hydrogens (tertiary/aromatic N) is 2. The van der Waals surface area contributed by atoms with Crippen molar-refractivity contribution in [2.75, 3.05) is 26.2 Å². The lowest BCUT2D eigenvalue weighted by Gasteiger charge is -2.37. The molecule has 4 aliphatic heterocycles. The molecular weight excluding hydrogens is 558 g/mol. The smallest absolute Gasteiger partial charge is 0.313 e. The van der Waals surface area contributed by atoms with E-state index in [1.54, 1.807) is 24.8 Å². The molecule has 2 N–H and O–H groups in total. The Labute approximate surface area is 231 Å². The molecule has 7 atom stereocenters. The Kier molecular flexibility index (Phi) is 8.99. The molecule has 1 spiro atoms. The predicted molar refractivity (Wildman–Crippen MR) is 142 cm³/mol. The Morgan fingerprint density at radius 1 is 1.21 bits per heavy atom. The quantitative estimate of drug-likeness (QED) is 0.272. The normalized spacial score (nSPS) is 35.6. The van der Waals surface area contributed by atoms with Crippen LogP contribution in [0.1, 0.15) is 52.9 Å². The molecule has 10 nitrogen and oxygen atoms in total. The number of amides is 3. The Morgan fingerprint density at radius 3 is 2.68 bits per heavy atom. The van der Waals surface area contributed by atoms with E-state index in [-0.39, 0.29) is 31.4 Å². The zero-order chi connectivity index (χ0) is 27.6. The number of allylic oxidation sites excluding steroid dienone is 1. The zero-order valence-electron chi connectivity index (χ0n) is 22.2. The summed E-state index contributed by atoms with van der Waals surface area (Å²) in [6, 6.07) is -1.69. The number of rotatable bonds is 6. The topological polar surface area (TPSA) is 125 Å². The fourth-order valence-corrected chi connectivity index (χ4v) is 6.72. The van der Waals surface area contributed by atoms with Gasteiger partial charge >= 0.3 is 5.97 Å². The zero-order valence-corrected chi connectivity index (χ0v) is 23.8. The van der Waals surface area contributed by atoms with Crippen LogP contribution in [-0.2, 0) is 28.7 Å². The lowest BCUT2D eigenvalue weighted by Crippen LogP contribution is -2.58. The average molecular weight is 597 g/mol. The molecule has 4 rings (SSSR count). The summed E-state index contributed by atoms with van der Waals surface area (Å²) in [5.74, 6) is -3.39. The SMILES string of the molecule is CCCCCN1C/C=C\CCC(=O)NC[C@@H](C)OC(=O)[C@@H]2[C@H]3O[C@@]4(C=C3Br)[C@H](C1=O)N([C@H](C)CO)C(=O)[C@@H]24. The monoisotopic (exact) mass is 595 g/mol. The van der Waals surface area contributed by atoms with Crippen LogP contribution in [0, 0.1) is 11.8 Å². The number of esters is 1. The summed E-state index contributed by atoms with van der Waals surface area (Å²) in [4.78, 5) is 57.1. The molecule has 210 valence electrons. The van der Waals surface area contributed by atoms with Crippen molar-refractivity contribution in [2.24, 2.45) is 11.8 Å². The molecule has 11 heteroatoms. The summed E-state index contributed by atoms with van der Waals surface area (Å²) < 4.78 is 12.7. The Bertz CT molecular complexity index is 1020. The second-order valence-corrected chi connectivity index (χ2v) is 11.6. The largest absolute Gasteiger partial charge is 0.460 e. The van der Waals surface area contributed by atoms with Crippen LogP contribution in [0.25, 0.3) is 0 Å². The summed E-state index contributed by atoms with van der Waals surface area (Å²) in [5.41, 5.74) is -1.36. The fourth-order valence-electron chi connectivity index (χ4n) is 5.98. The third-order valence-electron chi connectivity index (χ3n) is 7.89. The van der Waals surface area contributed by atoms with Crippen LogP contribution in [0.15, 0.2) is 22.7 Å². The number of aliphatic hydroxyl groups is 1. The van der Waals surface area contributed by atoms with Gasteiger partial charge in [-0.25, -0.2) is 0 Å². The first-order chi connectivity index (χ1) is 18.2. The molecule has 4 aliphatic rings. The minimum absolute atomic E-state index is 0.146. The van der Waals surface area contributed by atoms with Crippen molar-refractivity contribution in [3.05, 3.63) is 22.7 Å². The molecule has 2 saturated heterocycles. The van der Waals surface area contributed by atoms with Gasteiger partial charge in [0.15, 0.2) is 0 Å². The van der Waals surface area contributed by atoms with Gasteiger partial charge in [0, 0.05) is 24.0 Å². The van der Waals surface area contributed by atoms with E-state index in [4.69, 9.17) is 9.47 Å². The van der Waals surface area contributed by atoms with Crippen molar-refractivity contribution in [3.8, 4) is 0 Å². The van der Waals surface area contributed by atoms with Crippen molar-refractivity contribution in [1.29, 1.82) is 0 Å². The highest BCUT2D eigenvalue weighted by Crippen LogP contribution is 2.59. The number of nitrogens with one attached hydrogen (secondary N) is 1. The van der Waals surface area contributed by atoms with E-state index in [2.05, 4.69) is 28.2 Å². The number of unbranched alkanes of at least 4 members (excludes halogenated alkanes) is 2. The van der Waals surface area contributed by atoms with Gasteiger partial charge in [0.25, 0.3) is 0 Å². The second kappa shape index (κ2) is 11.9. The molecule has 3 amide bonds. The maximum Gasteiger partial charge on any atom is 0.313 e. The molecule has 2 fully saturated rings. The lowest BCUT2D eigenvalue weighted by atomic mass is 9.74. The summed E-state index contributed by atoms with van der Waals surface area (Å²) in [7, 11) is 0. The van der Waals surface area contributed by atoms with Gasteiger partial charge in [-0.3, -0.25) is 19.2 Å². The Morgan fingerprint density at radius 2 is 1.97 bits per heavy atom. The number of ether oxygens (including phenoxy) is 2. The lowest BCUT2D eigenvalue weighted by molar-refractivity contribution is -0.159. The molecule has 0 aliphatic carbocycles. The summed E-state index contributed by atoms with van der Waals surface area (Å²) in [6.45, 7) is 6.06. The summed E-state index contributed by atoms with van der Waals surface area (Å²) in [5, 5.41) is 12.8. The number of fused-ring (bicyclic) bond motifs is 2. The maximum atomic E-state index is 14.3. The number of cyclic esters (lactones) is 1. The van der Waals surface area contributed by atoms with Crippen LogP contribution in [-0.4, -0.2) is 94.7 Å². The third kappa shape index (κ3) is 5.16. The van der Waals surface area contributed by atoms with E-state index in [9.17, 15) is 24.3 Å². The van der Waals surface area contributed by atoms with Crippen LogP contribution in [0.2, 0.25) is 0 Å². The number of carbonyl (C=O) groups is 4. The molecule has 4 heterocycles. The van der Waals surface area contributed by atoms with Gasteiger partial charge in [0.2, 0.25) is 17.7 Å². The van der Waals surface area contributed by atoms with Crippen molar-refractivity contribution in [2.45, 2.75) is 82.8 Å². The van der Waals surface area contributed by atoms with Crippen LogP contribution in [0.3, 0.4) is 0 Å². The van der Waals surface area contributed by atoms with Crippen molar-refractivity contribution in [1.82, 2.24) is 15.1 Å². The van der Waals surface area contributed by atoms with Crippen LogP contribution >= 0.6 is 15.9 Å². The van der Waals surface area contributed by atoms with Crippen LogP contribution < -0.4 is 5.32 Å². The minimum atomic E-state index is -1.36. The van der Waals surface area contributed by atoms with Gasteiger partial charge in [-0.2, -0.15) is 0 Å². The first-order valence-corrected chi connectivity index (χ1v) is 14.4. The number of likely N-dealkylation sites (tertiary alicyclic amines) is 1. The third-order valence-corrected chi connectivity index (χ3v) is 8.57. The standard InChI is InChI=1S/C27H38BrN3O7/c1-4-5-8-11-30-12-9-6-7-10-19(33)29-14-17(3)37-26(36)20-21-24(34)31(16(2)15-32)23(25(30)35)27(21)13-18(28)22(20)38-27/h6,9,13,16-17,20-23,32H,4-5,7-8,10-12,14-15H2,1-3H3,(H,29,33)/b9-6-/t16-,17-,20+,21-,22+,23+,27-/m1/s1. The van der Waals surface area contributed by atoms with E-state index < -0.39 is 53.6 Å². The predicted octanol–water partition coefficient (Wildman–Crippen LogP) is 1.66. The van der Waals surface area contributed by atoms with Gasteiger partial charge in [-0.05, 0) is 32.8 Å². The van der Waals surface area contributed by atoms with Crippen LogP contribution in [0.5, 0.6) is 0 Å². The number of halogens is 1. The molecule has 0 aromatic heterocycles. The molecule has 0 aromatic carbocycles. The highest BCUT2D eigenvalue weighted by molar-refractivity contribution is 9.11. The first kappa shape index (κ1) is 28.8. The van der Waals surface area contributed by atoms with Gasteiger partial charge in [-0.1, -0.05) is 47.8 Å². The maximum absolute atomic E-state index is 14.3. The van der Waals surface area contributed by atoms with E-state index >= 15 is 0 Å². The Hall–Kier alpha value is -2.24.